The Kier molecular flexibility index (Phi) is 4.12. The molecule has 3 N–H and O–H groups in total. The van der Waals surface area contributed by atoms with Crippen LogP contribution in [0.4, 0.5) is 5.69 Å². The topological polar surface area (TPSA) is 68.0 Å². The number of rotatable bonds is 4. The summed E-state index contributed by atoms with van der Waals surface area (Å²) < 4.78 is 0. The summed E-state index contributed by atoms with van der Waals surface area (Å²) in [5.41, 5.74) is 7.49. The van der Waals surface area contributed by atoms with Gasteiger partial charge in [-0.25, -0.2) is 0 Å². The van der Waals surface area contributed by atoms with Crippen molar-refractivity contribution >= 4 is 22.5 Å². The molecule has 4 nitrogen and oxygen atoms in total. The van der Waals surface area contributed by atoms with Crippen LogP contribution < -0.4 is 11.1 Å². The monoisotopic (exact) mass is 257 g/mol. The summed E-state index contributed by atoms with van der Waals surface area (Å²) in [5, 5.41) is 3.82. The molecule has 0 radical (unpaired) electrons. The molecule has 1 unspecified atom stereocenters. The lowest BCUT2D eigenvalue weighted by atomic mass is 9.99. The van der Waals surface area contributed by atoms with Crippen molar-refractivity contribution in [3.05, 3.63) is 36.5 Å². The lowest BCUT2D eigenvalue weighted by Crippen LogP contribution is -2.40. The maximum Gasteiger partial charge on any atom is 0.241 e. The van der Waals surface area contributed by atoms with E-state index in [4.69, 9.17) is 5.73 Å². The average Bonchev–Trinajstić information content (AvgIpc) is 2.45. The lowest BCUT2D eigenvalue weighted by Gasteiger charge is -2.17. The molecule has 0 saturated heterocycles. The summed E-state index contributed by atoms with van der Waals surface area (Å²) in [4.78, 5) is 16.3. The smallest absolute Gasteiger partial charge is 0.241 e. The van der Waals surface area contributed by atoms with Crippen molar-refractivity contribution in [3.63, 3.8) is 0 Å². The van der Waals surface area contributed by atoms with Crippen molar-refractivity contribution in [2.75, 3.05) is 5.32 Å². The molecule has 1 aromatic carbocycles. The highest BCUT2D eigenvalue weighted by molar-refractivity contribution is 5.96. The molecule has 2 rings (SSSR count). The first kappa shape index (κ1) is 13.5. The van der Waals surface area contributed by atoms with Gasteiger partial charge in [0.25, 0.3) is 0 Å². The van der Waals surface area contributed by atoms with E-state index >= 15 is 0 Å². The van der Waals surface area contributed by atoms with E-state index in [0.717, 1.165) is 17.3 Å². The van der Waals surface area contributed by atoms with Crippen molar-refractivity contribution in [1.29, 1.82) is 0 Å². The normalized spacial score (nSPS) is 14.1. The third kappa shape index (κ3) is 3.09. The van der Waals surface area contributed by atoms with Crippen LogP contribution in [0.5, 0.6) is 0 Å². The van der Waals surface area contributed by atoms with Gasteiger partial charge >= 0.3 is 0 Å². The Morgan fingerprint density at radius 3 is 2.89 bits per heavy atom. The predicted molar refractivity (Wildman–Crippen MR) is 77.8 cm³/mol. The van der Waals surface area contributed by atoms with Gasteiger partial charge in [-0.15, -0.1) is 0 Å². The molecule has 1 amide bonds. The first-order valence-corrected chi connectivity index (χ1v) is 6.53. The highest BCUT2D eigenvalue weighted by atomic mass is 16.2. The number of para-hydroxylation sites is 1. The molecular formula is C15H19N3O. The van der Waals surface area contributed by atoms with Gasteiger partial charge in [0.05, 0.1) is 23.4 Å². The maximum absolute atomic E-state index is 12.0. The summed E-state index contributed by atoms with van der Waals surface area (Å²) in [5.74, 6) is -0.000142. The molecule has 100 valence electrons. The van der Waals surface area contributed by atoms with Crippen molar-refractivity contribution in [3.8, 4) is 0 Å². The van der Waals surface area contributed by atoms with E-state index in [2.05, 4.69) is 10.3 Å². The molecular weight excluding hydrogens is 238 g/mol. The van der Waals surface area contributed by atoms with Crippen LogP contribution in [0.15, 0.2) is 36.5 Å². The van der Waals surface area contributed by atoms with Crippen LogP contribution in [-0.2, 0) is 4.79 Å². The minimum atomic E-state index is -0.489. The molecule has 4 heteroatoms. The zero-order chi connectivity index (χ0) is 13.8. The minimum absolute atomic E-state index is 0.161. The van der Waals surface area contributed by atoms with E-state index in [9.17, 15) is 4.79 Å². The Balaban J connectivity index is 2.15. The number of nitrogens with one attached hydrogen (secondary N) is 1. The van der Waals surface area contributed by atoms with Gasteiger partial charge in [-0.1, -0.05) is 38.5 Å². The Morgan fingerprint density at radius 2 is 2.16 bits per heavy atom. The third-order valence-electron chi connectivity index (χ3n) is 3.42. The first-order valence-electron chi connectivity index (χ1n) is 6.53. The standard InChI is InChI=1S/C15H19N3O/c1-3-10(2)14(16)15(19)18-12-8-11-6-4-5-7-13(11)17-9-12/h4-10,14H,3,16H2,1-2H3,(H,18,19)/t10?,14-/m0/s1. The fraction of sp³-hybridized carbons (Fsp3) is 0.333. The molecule has 0 bridgehead atoms. The van der Waals surface area contributed by atoms with Crippen LogP contribution in [0.2, 0.25) is 0 Å². The number of hydrogen-bond donors (Lipinski definition) is 2. The molecule has 2 atom stereocenters. The van der Waals surface area contributed by atoms with Crippen LogP contribution in [0.3, 0.4) is 0 Å². The van der Waals surface area contributed by atoms with Gasteiger partial charge in [0, 0.05) is 5.39 Å². The predicted octanol–water partition coefficient (Wildman–Crippen LogP) is 2.55. The van der Waals surface area contributed by atoms with E-state index in [1.54, 1.807) is 6.20 Å². The summed E-state index contributed by atoms with van der Waals surface area (Å²) in [6.45, 7) is 4.00. The Morgan fingerprint density at radius 1 is 1.42 bits per heavy atom. The number of carbonyl (C=O) groups excluding carboxylic acids is 1. The van der Waals surface area contributed by atoms with E-state index in [-0.39, 0.29) is 11.8 Å². The fourth-order valence-corrected chi connectivity index (χ4v) is 1.88. The van der Waals surface area contributed by atoms with Gasteiger partial charge in [0.15, 0.2) is 0 Å². The van der Waals surface area contributed by atoms with Crippen molar-refractivity contribution in [2.24, 2.45) is 11.7 Å². The number of benzene rings is 1. The number of fused-ring (bicyclic) bond motifs is 1. The minimum Gasteiger partial charge on any atom is -0.323 e. The number of nitrogens with two attached hydrogens (primary N) is 1. The second kappa shape index (κ2) is 5.80. The van der Waals surface area contributed by atoms with Gasteiger partial charge in [-0.3, -0.25) is 9.78 Å². The largest absolute Gasteiger partial charge is 0.323 e. The number of aromatic nitrogens is 1. The van der Waals surface area contributed by atoms with Crippen molar-refractivity contribution < 1.29 is 4.79 Å². The molecule has 2 aromatic rings. The van der Waals surface area contributed by atoms with Crippen molar-refractivity contribution in [1.82, 2.24) is 4.98 Å². The van der Waals surface area contributed by atoms with Crippen LogP contribution in [0.25, 0.3) is 10.9 Å². The lowest BCUT2D eigenvalue weighted by molar-refractivity contribution is -0.118. The van der Waals surface area contributed by atoms with Crippen LogP contribution in [0, 0.1) is 5.92 Å². The first-order chi connectivity index (χ1) is 9.11. The molecule has 0 spiro atoms. The molecule has 0 aliphatic rings. The van der Waals surface area contributed by atoms with Gasteiger partial charge in [-0.05, 0) is 18.1 Å². The maximum atomic E-state index is 12.0. The quantitative estimate of drug-likeness (QED) is 0.884. The SMILES string of the molecule is CCC(C)[C@H](N)C(=O)Nc1cnc2ccccc2c1. The summed E-state index contributed by atoms with van der Waals surface area (Å²) in [6.07, 6.45) is 2.54. The number of pyridine rings is 1. The third-order valence-corrected chi connectivity index (χ3v) is 3.42. The highest BCUT2D eigenvalue weighted by Gasteiger charge is 2.19. The van der Waals surface area contributed by atoms with Gasteiger partial charge < -0.3 is 11.1 Å². The Hall–Kier alpha value is -1.94. The molecule has 0 aliphatic heterocycles. The Labute approximate surface area is 113 Å². The fourth-order valence-electron chi connectivity index (χ4n) is 1.88. The van der Waals surface area contributed by atoms with Gasteiger partial charge in [0.2, 0.25) is 5.91 Å². The molecule has 0 aliphatic carbocycles. The van der Waals surface area contributed by atoms with E-state index in [1.807, 2.05) is 44.2 Å². The average molecular weight is 257 g/mol. The highest BCUT2D eigenvalue weighted by Crippen LogP contribution is 2.16. The molecule has 0 saturated carbocycles. The second-order valence-corrected chi connectivity index (χ2v) is 4.82. The van der Waals surface area contributed by atoms with E-state index < -0.39 is 6.04 Å². The molecule has 0 fully saturated rings. The van der Waals surface area contributed by atoms with Gasteiger partial charge in [-0.2, -0.15) is 0 Å². The van der Waals surface area contributed by atoms with Crippen LogP contribution >= 0.6 is 0 Å². The number of hydrogen-bond acceptors (Lipinski definition) is 3. The molecule has 19 heavy (non-hydrogen) atoms. The molecule has 1 aromatic heterocycles. The summed E-state index contributed by atoms with van der Waals surface area (Å²) in [6, 6.07) is 9.20. The van der Waals surface area contributed by atoms with E-state index in [0.29, 0.717) is 5.69 Å². The van der Waals surface area contributed by atoms with Gasteiger partial charge in [0.1, 0.15) is 0 Å². The number of carbonyl (C=O) groups is 1. The van der Waals surface area contributed by atoms with Crippen LogP contribution in [0.1, 0.15) is 20.3 Å². The summed E-state index contributed by atoms with van der Waals surface area (Å²) in [7, 11) is 0. The Bertz CT molecular complexity index is 582. The number of anilines is 1. The van der Waals surface area contributed by atoms with Crippen LogP contribution in [-0.4, -0.2) is 16.9 Å². The zero-order valence-electron chi connectivity index (χ0n) is 11.3. The van der Waals surface area contributed by atoms with Crippen molar-refractivity contribution in [2.45, 2.75) is 26.3 Å². The number of amides is 1. The number of nitrogens with zero attached hydrogens (tertiary/aromatic N) is 1. The summed E-state index contributed by atoms with van der Waals surface area (Å²) >= 11 is 0. The zero-order valence-corrected chi connectivity index (χ0v) is 11.3. The molecule has 1 heterocycles. The second-order valence-electron chi connectivity index (χ2n) is 4.82. The van der Waals surface area contributed by atoms with E-state index in [1.165, 1.54) is 0 Å².